The summed E-state index contributed by atoms with van der Waals surface area (Å²) < 4.78 is 11.6. The molecule has 2 heterocycles. The molecule has 0 amide bonds. The Labute approximate surface area is 195 Å². The van der Waals surface area contributed by atoms with E-state index in [0.29, 0.717) is 17.9 Å². The van der Waals surface area contributed by atoms with Gasteiger partial charge < -0.3 is 19.9 Å². The molecular formula is C28H43NO3. The van der Waals surface area contributed by atoms with Crippen LogP contribution in [-0.2, 0) is 17.6 Å². The molecule has 178 valence electrons. The van der Waals surface area contributed by atoms with E-state index >= 15 is 0 Å². The number of ether oxygens (including phenoxy) is 2. The molecule has 0 bridgehead atoms. The van der Waals surface area contributed by atoms with Crippen molar-refractivity contribution >= 4 is 5.69 Å². The summed E-state index contributed by atoms with van der Waals surface area (Å²) in [6.07, 6.45) is 6.18. The molecule has 4 heteroatoms. The highest BCUT2D eigenvalue weighted by Gasteiger charge is 2.29. The summed E-state index contributed by atoms with van der Waals surface area (Å²) in [4.78, 5) is 0. The van der Waals surface area contributed by atoms with Crippen molar-refractivity contribution in [3.8, 4) is 5.75 Å². The van der Waals surface area contributed by atoms with Crippen LogP contribution in [0.5, 0.6) is 5.75 Å². The van der Waals surface area contributed by atoms with Gasteiger partial charge in [0.2, 0.25) is 0 Å². The number of anilines is 1. The second-order valence-corrected chi connectivity index (χ2v) is 9.08. The van der Waals surface area contributed by atoms with E-state index < -0.39 is 0 Å². The van der Waals surface area contributed by atoms with Gasteiger partial charge in [-0.3, -0.25) is 0 Å². The lowest BCUT2D eigenvalue weighted by Crippen LogP contribution is -2.34. The van der Waals surface area contributed by atoms with Crippen LogP contribution >= 0.6 is 0 Å². The summed E-state index contributed by atoms with van der Waals surface area (Å²) in [6, 6.07) is 15.2. The lowest BCUT2D eigenvalue weighted by molar-refractivity contribution is 0.0109. The number of fused-ring (bicyclic) bond motifs is 1. The monoisotopic (exact) mass is 441 g/mol. The first kappa shape index (κ1) is 26.2. The van der Waals surface area contributed by atoms with Crippen molar-refractivity contribution in [3.05, 3.63) is 59.2 Å². The van der Waals surface area contributed by atoms with Gasteiger partial charge in [-0.1, -0.05) is 50.6 Å². The minimum atomic E-state index is 0.411. The zero-order valence-corrected chi connectivity index (χ0v) is 20.7. The van der Waals surface area contributed by atoms with E-state index in [2.05, 4.69) is 75.5 Å². The lowest BCUT2D eigenvalue weighted by Gasteiger charge is -2.34. The van der Waals surface area contributed by atoms with Crippen LogP contribution in [0.3, 0.4) is 0 Å². The van der Waals surface area contributed by atoms with Gasteiger partial charge in [-0.2, -0.15) is 0 Å². The van der Waals surface area contributed by atoms with Crippen LogP contribution in [0.15, 0.2) is 42.5 Å². The topological polar surface area (TPSA) is 50.7 Å². The Morgan fingerprint density at radius 2 is 1.69 bits per heavy atom. The van der Waals surface area contributed by atoms with Gasteiger partial charge in [-0.05, 0) is 74.3 Å². The predicted molar refractivity (Wildman–Crippen MR) is 135 cm³/mol. The third-order valence-corrected chi connectivity index (χ3v) is 6.06. The van der Waals surface area contributed by atoms with Crippen molar-refractivity contribution < 1.29 is 14.6 Å². The third kappa shape index (κ3) is 8.48. The molecule has 2 N–H and O–H groups in total. The van der Waals surface area contributed by atoms with E-state index in [1.807, 2.05) is 0 Å². The number of rotatable bonds is 5. The van der Waals surface area contributed by atoms with Gasteiger partial charge in [0.1, 0.15) is 11.9 Å². The molecule has 0 radical (unpaired) electrons. The van der Waals surface area contributed by atoms with Crippen LogP contribution in [0.25, 0.3) is 0 Å². The van der Waals surface area contributed by atoms with Crippen molar-refractivity contribution in [3.63, 3.8) is 0 Å². The zero-order valence-electron chi connectivity index (χ0n) is 20.7. The largest absolute Gasteiger partial charge is 0.490 e. The number of aliphatic hydroxyl groups is 1. The minimum absolute atomic E-state index is 0.411. The molecule has 2 aromatic carbocycles. The van der Waals surface area contributed by atoms with E-state index in [4.69, 9.17) is 14.6 Å². The van der Waals surface area contributed by atoms with Gasteiger partial charge in [0, 0.05) is 38.5 Å². The molecule has 0 saturated carbocycles. The molecule has 2 aliphatic heterocycles. The Balaban J connectivity index is 0.000000218. The normalized spacial score (nSPS) is 17.8. The van der Waals surface area contributed by atoms with E-state index in [-0.39, 0.29) is 0 Å². The maximum atomic E-state index is 7.00. The molecule has 2 aliphatic rings. The first-order chi connectivity index (χ1) is 15.5. The average molecular weight is 442 g/mol. The van der Waals surface area contributed by atoms with Gasteiger partial charge in [0.25, 0.3) is 0 Å². The molecule has 0 spiro atoms. The molecule has 0 aromatic heterocycles. The Bertz CT molecular complexity index is 767. The molecule has 1 unspecified atom stereocenters. The van der Waals surface area contributed by atoms with E-state index in [0.717, 1.165) is 51.9 Å². The molecule has 1 atom stereocenters. The number of hydrogen-bond donors (Lipinski definition) is 2. The first-order valence-electron chi connectivity index (χ1n) is 12.2. The quantitative estimate of drug-likeness (QED) is 0.594. The van der Waals surface area contributed by atoms with Crippen molar-refractivity contribution in [2.45, 2.75) is 65.9 Å². The van der Waals surface area contributed by atoms with Gasteiger partial charge >= 0.3 is 0 Å². The molecule has 1 fully saturated rings. The summed E-state index contributed by atoms with van der Waals surface area (Å²) >= 11 is 0. The smallest absolute Gasteiger partial charge is 0.122 e. The van der Waals surface area contributed by atoms with Gasteiger partial charge in [-0.25, -0.2) is 0 Å². The van der Waals surface area contributed by atoms with Crippen LogP contribution in [0.1, 0.15) is 56.7 Å². The van der Waals surface area contributed by atoms with Gasteiger partial charge in [-0.15, -0.1) is 0 Å². The molecule has 2 aromatic rings. The van der Waals surface area contributed by atoms with Crippen LogP contribution in [0.2, 0.25) is 0 Å². The van der Waals surface area contributed by atoms with Gasteiger partial charge in [0.15, 0.2) is 0 Å². The Morgan fingerprint density at radius 3 is 2.31 bits per heavy atom. The predicted octanol–water partition coefficient (Wildman–Crippen LogP) is 6.04. The lowest BCUT2D eigenvalue weighted by atomic mass is 9.88. The fraction of sp³-hybridized carbons (Fsp3) is 0.571. The SMILES string of the molecule is CCc1ccc(NCC(C)C)cc1.CO.Cc1ccc2c(c1)CCC(C1CCOCC1)O2. The summed E-state index contributed by atoms with van der Waals surface area (Å²) in [5.74, 6) is 2.50. The molecule has 4 nitrogen and oxygen atoms in total. The molecule has 1 saturated heterocycles. The van der Waals surface area contributed by atoms with E-state index in [1.165, 1.54) is 35.2 Å². The second kappa shape index (κ2) is 14.2. The summed E-state index contributed by atoms with van der Waals surface area (Å²) in [5, 5.41) is 10.4. The standard InChI is InChI=1S/C15H20O2.C12H19N.CH4O/c1-11-2-4-15-13(10-11)3-5-14(17-15)12-6-8-16-9-7-12;1-4-11-5-7-12(8-6-11)13-9-10(2)3;1-2/h2,4,10,12,14H,3,5-9H2,1H3;5-8,10,13H,4,9H2,1-3H3;2H,1H3. The van der Waals surface area contributed by atoms with Crippen LogP contribution in [0.4, 0.5) is 5.69 Å². The number of hydrogen-bond acceptors (Lipinski definition) is 4. The summed E-state index contributed by atoms with van der Waals surface area (Å²) in [7, 11) is 1.00. The number of aliphatic hydroxyl groups excluding tert-OH is 1. The summed E-state index contributed by atoms with van der Waals surface area (Å²) in [6.45, 7) is 11.6. The number of aryl methyl sites for hydroxylation is 3. The maximum absolute atomic E-state index is 7.00. The highest BCUT2D eigenvalue weighted by atomic mass is 16.5. The maximum Gasteiger partial charge on any atom is 0.122 e. The molecule has 4 rings (SSSR count). The van der Waals surface area contributed by atoms with E-state index in [9.17, 15) is 0 Å². The average Bonchev–Trinajstić information content (AvgIpc) is 2.85. The highest BCUT2D eigenvalue weighted by molar-refractivity contribution is 5.44. The molecular weight excluding hydrogens is 398 g/mol. The van der Waals surface area contributed by atoms with Crippen molar-refractivity contribution in [2.75, 3.05) is 32.2 Å². The van der Waals surface area contributed by atoms with Crippen LogP contribution in [0, 0.1) is 18.8 Å². The molecule has 32 heavy (non-hydrogen) atoms. The Kier molecular flexibility index (Phi) is 11.6. The fourth-order valence-corrected chi connectivity index (χ4v) is 4.14. The van der Waals surface area contributed by atoms with Crippen molar-refractivity contribution in [1.29, 1.82) is 0 Å². The first-order valence-corrected chi connectivity index (χ1v) is 12.2. The fourth-order valence-electron chi connectivity index (χ4n) is 4.14. The molecule has 0 aliphatic carbocycles. The van der Waals surface area contributed by atoms with Crippen molar-refractivity contribution in [2.24, 2.45) is 11.8 Å². The van der Waals surface area contributed by atoms with Crippen LogP contribution in [-0.4, -0.2) is 38.1 Å². The Morgan fingerprint density at radius 1 is 1.00 bits per heavy atom. The van der Waals surface area contributed by atoms with Crippen LogP contribution < -0.4 is 10.1 Å². The Hall–Kier alpha value is -2.04. The van der Waals surface area contributed by atoms with E-state index in [1.54, 1.807) is 0 Å². The van der Waals surface area contributed by atoms with Crippen molar-refractivity contribution in [1.82, 2.24) is 0 Å². The van der Waals surface area contributed by atoms with Gasteiger partial charge in [0.05, 0.1) is 0 Å². The zero-order chi connectivity index (χ0) is 23.3. The highest BCUT2D eigenvalue weighted by Crippen LogP contribution is 2.33. The minimum Gasteiger partial charge on any atom is -0.490 e. The second-order valence-electron chi connectivity index (χ2n) is 9.08. The summed E-state index contributed by atoms with van der Waals surface area (Å²) in [5.41, 5.74) is 5.34. The third-order valence-electron chi connectivity index (χ3n) is 6.06. The number of nitrogens with one attached hydrogen (secondary N) is 1. The number of benzene rings is 2.